The molecule has 2 fully saturated rings. The van der Waals surface area contributed by atoms with Gasteiger partial charge in [0.2, 0.25) is 11.8 Å². The maximum absolute atomic E-state index is 14.3. The fourth-order valence-electron chi connectivity index (χ4n) is 9.90. The van der Waals surface area contributed by atoms with Gasteiger partial charge in [-0.05, 0) is 131 Å². The van der Waals surface area contributed by atoms with Gasteiger partial charge in [-0.3, -0.25) is 19.4 Å². The monoisotopic (exact) mass is 910 g/mol. The molecule has 10 rings (SSSR count). The van der Waals surface area contributed by atoms with E-state index in [1.165, 1.54) is 65.4 Å². The number of hydrogen-bond acceptors (Lipinski definition) is 6. The number of nitrogens with one attached hydrogen (secondary N) is 2. The summed E-state index contributed by atoms with van der Waals surface area (Å²) in [6.07, 6.45) is 15.2. The quantitative estimate of drug-likeness (QED) is 0.0809. The molecule has 0 radical (unpaired) electrons. The minimum atomic E-state index is -0.544. The van der Waals surface area contributed by atoms with Gasteiger partial charge >= 0.3 is 0 Å². The number of fused-ring (bicyclic) bond motifs is 4. The molecule has 0 saturated heterocycles. The van der Waals surface area contributed by atoms with E-state index in [9.17, 15) is 18.4 Å². The number of ether oxygens (including phenoxy) is 2. The van der Waals surface area contributed by atoms with Crippen molar-refractivity contribution in [3.63, 3.8) is 0 Å². The smallest absolute Gasteiger partial charge is 0.249 e. The zero-order valence-corrected chi connectivity index (χ0v) is 37.3. The van der Waals surface area contributed by atoms with Crippen LogP contribution in [0.2, 0.25) is 10.0 Å². The van der Waals surface area contributed by atoms with Crippen LogP contribution in [-0.4, -0.2) is 82.6 Å². The predicted molar refractivity (Wildman–Crippen MR) is 248 cm³/mol. The van der Waals surface area contributed by atoms with E-state index in [4.69, 9.17) is 44.1 Å². The SMILES string of the molecule is NC(=O)c1ccc(F)c2c1CC(N(CCCc1c[nH]c3c(Cl)cccc13)C1CCC1)CO2.NC(=O)c1ccc(F)c2c1CC(N(CCCc1c[nH]c3c(Cl)cccc13)CC1CC1)CO2. The number of para-hydroxylation sites is 2. The first-order valence-electron chi connectivity index (χ1n) is 22.5. The molecule has 10 nitrogen and oxygen atoms in total. The summed E-state index contributed by atoms with van der Waals surface area (Å²) in [4.78, 5) is 35.4. The summed E-state index contributed by atoms with van der Waals surface area (Å²) >= 11 is 12.6. The number of nitrogens with zero attached hydrogens (tertiary/aromatic N) is 2. The van der Waals surface area contributed by atoms with Crippen molar-refractivity contribution in [2.75, 3.05) is 32.8 Å². The van der Waals surface area contributed by atoms with Crippen LogP contribution in [0.15, 0.2) is 73.1 Å². The van der Waals surface area contributed by atoms with Crippen LogP contribution in [0.25, 0.3) is 21.8 Å². The molecule has 4 heterocycles. The van der Waals surface area contributed by atoms with Crippen LogP contribution in [0.1, 0.15) is 87.9 Å². The summed E-state index contributed by atoms with van der Waals surface area (Å²) in [6, 6.07) is 18.1. The fourth-order valence-corrected chi connectivity index (χ4v) is 10.4. The maximum atomic E-state index is 14.3. The van der Waals surface area contributed by atoms with Crippen molar-refractivity contribution in [1.82, 2.24) is 19.8 Å². The Kier molecular flexibility index (Phi) is 13.2. The molecule has 4 aliphatic rings. The molecule has 336 valence electrons. The largest absolute Gasteiger partial charge is 0.489 e. The first kappa shape index (κ1) is 44.1. The minimum absolute atomic E-state index is 0.0976. The molecule has 2 atom stereocenters. The summed E-state index contributed by atoms with van der Waals surface area (Å²) < 4.78 is 40.2. The number of rotatable bonds is 15. The first-order chi connectivity index (χ1) is 31.0. The van der Waals surface area contributed by atoms with Gasteiger partial charge < -0.3 is 30.9 Å². The third kappa shape index (κ3) is 9.34. The summed E-state index contributed by atoms with van der Waals surface area (Å²) in [7, 11) is 0. The lowest BCUT2D eigenvalue weighted by Gasteiger charge is -2.44. The third-order valence-corrected chi connectivity index (χ3v) is 14.3. The molecule has 2 unspecified atom stereocenters. The van der Waals surface area contributed by atoms with Crippen molar-refractivity contribution in [1.29, 1.82) is 0 Å². The molecule has 2 aliphatic heterocycles. The summed E-state index contributed by atoms with van der Waals surface area (Å²) in [5, 5.41) is 3.81. The van der Waals surface area contributed by atoms with E-state index < -0.39 is 23.4 Å². The number of carbonyl (C=O) groups is 2. The number of carbonyl (C=O) groups excluding carboxylic acids is 2. The second-order valence-corrected chi connectivity index (χ2v) is 18.6. The molecule has 2 amide bonds. The highest BCUT2D eigenvalue weighted by molar-refractivity contribution is 6.35. The van der Waals surface area contributed by atoms with Crippen LogP contribution in [0.4, 0.5) is 8.78 Å². The molecular formula is C50H54Cl2F2N6O4. The zero-order chi connectivity index (χ0) is 44.5. The minimum Gasteiger partial charge on any atom is -0.489 e. The van der Waals surface area contributed by atoms with Gasteiger partial charge in [-0.1, -0.05) is 53.9 Å². The molecule has 2 aromatic heterocycles. The van der Waals surface area contributed by atoms with Crippen LogP contribution in [-0.2, 0) is 25.7 Å². The molecule has 0 bridgehead atoms. The molecule has 6 aromatic rings. The number of halogens is 4. The van der Waals surface area contributed by atoms with Gasteiger partial charge in [-0.15, -0.1) is 0 Å². The van der Waals surface area contributed by atoms with Crippen LogP contribution >= 0.6 is 23.2 Å². The Bertz CT molecular complexity index is 2680. The van der Waals surface area contributed by atoms with Crippen molar-refractivity contribution in [3.05, 3.63) is 128 Å². The molecular weight excluding hydrogens is 857 g/mol. The number of amides is 2. The van der Waals surface area contributed by atoms with E-state index in [-0.39, 0.29) is 23.6 Å². The summed E-state index contributed by atoms with van der Waals surface area (Å²) in [5.41, 5.74) is 17.5. The van der Waals surface area contributed by atoms with Gasteiger partial charge in [-0.25, -0.2) is 8.78 Å². The molecule has 2 aliphatic carbocycles. The molecule has 64 heavy (non-hydrogen) atoms. The Morgan fingerprint density at radius 3 is 1.69 bits per heavy atom. The number of nitrogens with two attached hydrogens (primary N) is 2. The van der Waals surface area contributed by atoms with Crippen LogP contribution in [0.5, 0.6) is 11.5 Å². The van der Waals surface area contributed by atoms with E-state index in [1.807, 2.05) is 36.7 Å². The lowest BCUT2D eigenvalue weighted by atomic mass is 9.87. The Balaban J connectivity index is 0.000000162. The summed E-state index contributed by atoms with van der Waals surface area (Å²) in [5.74, 6) is -0.879. The van der Waals surface area contributed by atoms with E-state index >= 15 is 0 Å². The van der Waals surface area contributed by atoms with Crippen LogP contribution in [0, 0.1) is 17.6 Å². The topological polar surface area (TPSA) is 143 Å². The van der Waals surface area contributed by atoms with Gasteiger partial charge in [0.15, 0.2) is 23.1 Å². The van der Waals surface area contributed by atoms with Crippen molar-refractivity contribution in [3.8, 4) is 11.5 Å². The number of H-pyrrole nitrogens is 2. The number of aromatic nitrogens is 2. The van der Waals surface area contributed by atoms with E-state index in [1.54, 1.807) is 0 Å². The standard InChI is InChI=1S/2C25H27ClFN3O2/c26-21-8-2-7-18-15(13-29-23(18)21)4-3-11-30(16-5-1-6-16)17-12-20-19(25(28)31)9-10-22(27)24(20)32-14-17;26-21-5-1-4-18-16(12-29-23(18)21)3-2-10-30(13-15-6-7-15)17-11-20-19(25(28)31)8-9-22(27)24(20)32-14-17/h2,7-10,13,16-17,29H,1,3-6,11-12,14H2,(H2,28,31);1,4-5,8-9,12,15,17,29H,2-3,6-7,10-11,13-14H2,(H2,28,31). The normalized spacial score (nSPS) is 18.2. The van der Waals surface area contributed by atoms with Crippen molar-refractivity contribution in [2.45, 2.75) is 88.8 Å². The van der Waals surface area contributed by atoms with Gasteiger partial charge in [0.05, 0.1) is 21.1 Å². The lowest BCUT2D eigenvalue weighted by Crippen LogP contribution is -2.51. The van der Waals surface area contributed by atoms with Crippen LogP contribution < -0.4 is 20.9 Å². The maximum Gasteiger partial charge on any atom is 0.249 e. The summed E-state index contributed by atoms with van der Waals surface area (Å²) in [6.45, 7) is 3.67. The number of hydrogen-bond donors (Lipinski definition) is 4. The van der Waals surface area contributed by atoms with Gasteiger partial charge in [0.25, 0.3) is 0 Å². The molecule has 14 heteroatoms. The average Bonchev–Trinajstić information content (AvgIpc) is 3.84. The Morgan fingerprint density at radius 1 is 0.672 bits per heavy atom. The zero-order valence-electron chi connectivity index (χ0n) is 35.7. The highest BCUT2D eigenvalue weighted by Crippen LogP contribution is 2.38. The van der Waals surface area contributed by atoms with E-state index in [0.717, 1.165) is 79.2 Å². The average molecular weight is 912 g/mol. The van der Waals surface area contributed by atoms with Crippen molar-refractivity contribution in [2.24, 2.45) is 17.4 Å². The number of aryl methyl sites for hydroxylation is 2. The molecule has 2 saturated carbocycles. The first-order valence-corrected chi connectivity index (χ1v) is 23.3. The predicted octanol–water partition coefficient (Wildman–Crippen LogP) is 9.56. The lowest BCUT2D eigenvalue weighted by molar-refractivity contribution is 0.0421. The molecule has 4 aromatic carbocycles. The Hall–Kier alpha value is -5.14. The number of aromatic amines is 2. The van der Waals surface area contributed by atoms with Crippen molar-refractivity contribution >= 4 is 56.8 Å². The van der Waals surface area contributed by atoms with E-state index in [2.05, 4.69) is 31.9 Å². The second kappa shape index (κ2) is 19.1. The Morgan fingerprint density at radius 2 is 1.19 bits per heavy atom. The number of primary amides is 2. The van der Waals surface area contributed by atoms with Crippen LogP contribution in [0.3, 0.4) is 0 Å². The van der Waals surface area contributed by atoms with E-state index in [0.29, 0.717) is 60.3 Å². The number of benzene rings is 4. The van der Waals surface area contributed by atoms with Gasteiger partial charge in [0.1, 0.15) is 13.2 Å². The van der Waals surface area contributed by atoms with Gasteiger partial charge in [-0.2, -0.15) is 0 Å². The Labute approximate surface area is 381 Å². The molecule has 0 spiro atoms. The highest BCUT2D eigenvalue weighted by Gasteiger charge is 2.36. The van der Waals surface area contributed by atoms with Crippen molar-refractivity contribution < 1.29 is 27.8 Å². The molecule has 6 N–H and O–H groups in total. The third-order valence-electron chi connectivity index (χ3n) is 13.6. The second-order valence-electron chi connectivity index (χ2n) is 17.8. The van der Waals surface area contributed by atoms with Gasteiger partial charge in [0, 0.05) is 70.1 Å². The fraction of sp³-hybridized carbons (Fsp3) is 0.400. The highest BCUT2D eigenvalue weighted by atomic mass is 35.5.